The van der Waals surface area contributed by atoms with E-state index in [9.17, 15) is 52.9 Å². The Morgan fingerprint density at radius 2 is 1.53 bits per heavy atom. The van der Waals surface area contributed by atoms with Gasteiger partial charge in [-0.05, 0) is 52.8 Å². The van der Waals surface area contributed by atoms with E-state index in [0.717, 1.165) is 26.8 Å². The van der Waals surface area contributed by atoms with E-state index in [0.29, 0.717) is 29.1 Å². The Labute approximate surface area is 371 Å². The number of nitrogens with zero attached hydrogens (tertiary/aromatic N) is 2. The number of aliphatic hydroxyl groups is 1. The van der Waals surface area contributed by atoms with E-state index in [1.165, 1.54) is 33.9 Å². The van der Waals surface area contributed by atoms with Crippen LogP contribution in [0.4, 0.5) is 10.6 Å². The highest BCUT2D eigenvalue weighted by Crippen LogP contribution is 2.66. The SMILES string of the molecule is O=C(NC(CCCSSCc1ccccc1C(=O)Nc1ccn(C2CC(O)C(COP(=O)(O)OP(=O)(O)OP(=O)(O)O)O2)c(=O)n1)C(=O)O)OCC1c2ccccc2-c2ccccc21. The van der Waals surface area contributed by atoms with Gasteiger partial charge >= 0.3 is 41.2 Å². The van der Waals surface area contributed by atoms with E-state index < -0.39 is 78.2 Å². The average Bonchev–Trinajstić information content (AvgIpc) is 3.75. The van der Waals surface area contributed by atoms with Gasteiger partial charge in [-0.15, -0.1) is 0 Å². The van der Waals surface area contributed by atoms with Crippen molar-refractivity contribution in [3.05, 3.63) is 118 Å². The molecule has 0 spiro atoms. The lowest BCUT2D eigenvalue weighted by molar-refractivity contribution is -0.139. The first-order valence-electron chi connectivity index (χ1n) is 19.0. The van der Waals surface area contributed by atoms with Crippen LogP contribution in [0.5, 0.6) is 0 Å². The van der Waals surface area contributed by atoms with Crippen LogP contribution in [-0.4, -0.2) is 94.5 Å². The third-order valence-corrected chi connectivity index (χ3v) is 15.8. The molecular formula is C37H41N4O18P3S2. The third kappa shape index (κ3) is 13.4. The second-order valence-corrected chi connectivity index (χ2v) is 21.0. The molecular weight excluding hydrogens is 945 g/mol. The summed E-state index contributed by atoms with van der Waals surface area (Å²) in [7, 11) is -14.0. The molecule has 1 aromatic heterocycles. The predicted molar refractivity (Wildman–Crippen MR) is 230 cm³/mol. The van der Waals surface area contributed by atoms with Crippen molar-refractivity contribution in [2.75, 3.05) is 24.3 Å². The Morgan fingerprint density at radius 1 is 0.875 bits per heavy atom. The van der Waals surface area contributed by atoms with Crippen LogP contribution in [0.3, 0.4) is 0 Å². The summed E-state index contributed by atoms with van der Waals surface area (Å²) in [5.74, 6) is -1.14. The summed E-state index contributed by atoms with van der Waals surface area (Å²) < 4.78 is 58.2. The molecule has 6 atom stereocenters. The van der Waals surface area contributed by atoms with Crippen molar-refractivity contribution in [1.82, 2.24) is 14.9 Å². The molecule has 0 radical (unpaired) electrons. The average molecular weight is 987 g/mol. The number of aliphatic hydroxyl groups excluding tert-OH is 1. The summed E-state index contributed by atoms with van der Waals surface area (Å²) in [6, 6.07) is 22.6. The molecule has 2 amide bonds. The highest BCUT2D eigenvalue weighted by Gasteiger charge is 2.43. The van der Waals surface area contributed by atoms with E-state index >= 15 is 0 Å². The maximum Gasteiger partial charge on any atom is 0.490 e. The number of carboxylic acid groups (broad SMARTS) is 1. The number of carbonyl (C=O) groups is 3. The smallest absolute Gasteiger partial charge is 0.480 e. The van der Waals surface area contributed by atoms with Gasteiger partial charge in [-0.25, -0.2) is 28.1 Å². The topological polar surface area (TPSA) is 329 Å². The van der Waals surface area contributed by atoms with Crippen LogP contribution in [0, 0.1) is 0 Å². The monoisotopic (exact) mass is 986 g/mol. The van der Waals surface area contributed by atoms with Gasteiger partial charge < -0.3 is 49.9 Å². The summed E-state index contributed by atoms with van der Waals surface area (Å²) in [5.41, 5.74) is 4.24. The van der Waals surface area contributed by atoms with Gasteiger partial charge in [-0.3, -0.25) is 13.9 Å². The number of nitrogens with one attached hydrogen (secondary N) is 2. The van der Waals surface area contributed by atoms with Crippen LogP contribution < -0.4 is 16.3 Å². The number of hydrogen-bond acceptors (Lipinski definition) is 16. The second kappa shape index (κ2) is 21.4. The first-order valence-corrected chi connectivity index (χ1v) is 26.0. The number of aliphatic carboxylic acids is 1. The molecule has 0 saturated carbocycles. The maximum absolute atomic E-state index is 13.3. The van der Waals surface area contributed by atoms with Crippen molar-refractivity contribution in [3.63, 3.8) is 0 Å². The Hall–Kier alpha value is -4.22. The standard InChI is InChI=1S/C37H41N4O18P3S2/c42-30-18-33(57-31(30)20-56-61(51,52)59-62(53,54)58-60(48,49)50)41-16-15-32(40-36(41)46)39-34(43)23-9-2-1-8-22(23)21-64-63-17-7-14-29(35(44)45)38-37(47)55-19-28-26-12-5-3-10-24(26)25-11-4-6-13-27(25)28/h1-6,8-13,15-16,28-31,33,42H,7,14,17-21H2,(H,38,47)(H,44,45)(H,51,52)(H,53,54)(H2,48,49,50)(H,39,40,43,46). The predicted octanol–water partition coefficient (Wildman–Crippen LogP) is 5.14. The number of carboxylic acids is 1. The lowest BCUT2D eigenvalue weighted by atomic mass is 9.98. The molecule has 6 rings (SSSR count). The summed E-state index contributed by atoms with van der Waals surface area (Å²) in [4.78, 5) is 91.1. The summed E-state index contributed by atoms with van der Waals surface area (Å²) in [6.07, 6.45) is -3.24. The number of rotatable bonds is 21. The number of aromatic nitrogens is 2. The van der Waals surface area contributed by atoms with Crippen LogP contribution >= 0.6 is 45.1 Å². The highest BCUT2D eigenvalue weighted by atomic mass is 33.1. The molecule has 344 valence electrons. The number of fused-ring (bicyclic) bond motifs is 3. The van der Waals surface area contributed by atoms with Crippen LogP contribution in [0.1, 0.15) is 58.5 Å². The Morgan fingerprint density at radius 3 is 2.19 bits per heavy atom. The second-order valence-electron chi connectivity index (χ2n) is 14.0. The van der Waals surface area contributed by atoms with Crippen molar-refractivity contribution >= 4 is 68.8 Å². The lowest BCUT2D eigenvalue weighted by Crippen LogP contribution is -2.41. The zero-order valence-electron chi connectivity index (χ0n) is 33.1. The van der Waals surface area contributed by atoms with E-state index in [1.54, 1.807) is 24.3 Å². The molecule has 1 saturated heterocycles. The molecule has 1 aliphatic carbocycles. The fraction of sp³-hybridized carbons (Fsp3) is 0.324. The molecule has 1 fully saturated rings. The number of alkyl carbamates (subject to hydrolysis) is 1. The Bertz CT molecular complexity index is 2520. The molecule has 64 heavy (non-hydrogen) atoms. The van der Waals surface area contributed by atoms with Crippen LogP contribution in [0.25, 0.3) is 11.1 Å². The van der Waals surface area contributed by atoms with Crippen molar-refractivity contribution in [2.24, 2.45) is 0 Å². The summed E-state index contributed by atoms with van der Waals surface area (Å²) in [6.45, 7) is -0.893. The molecule has 0 bridgehead atoms. The summed E-state index contributed by atoms with van der Waals surface area (Å²) >= 11 is 0. The Kier molecular flexibility index (Phi) is 16.5. The van der Waals surface area contributed by atoms with Gasteiger partial charge in [0.05, 0.1) is 12.7 Å². The number of phosphoric acid groups is 3. The van der Waals surface area contributed by atoms with Gasteiger partial charge in [0.25, 0.3) is 5.91 Å². The molecule has 2 heterocycles. The van der Waals surface area contributed by atoms with Gasteiger partial charge in [0, 0.05) is 35.6 Å². The quantitative estimate of drug-likeness (QED) is 0.0304. The van der Waals surface area contributed by atoms with Crippen molar-refractivity contribution in [3.8, 4) is 11.1 Å². The minimum absolute atomic E-state index is 0.0492. The summed E-state index contributed by atoms with van der Waals surface area (Å²) in [5, 5.41) is 25.2. The molecule has 8 N–H and O–H groups in total. The van der Waals surface area contributed by atoms with Crippen molar-refractivity contribution < 1.29 is 80.5 Å². The Balaban J connectivity index is 0.930. The van der Waals surface area contributed by atoms with Gasteiger partial charge in [0.1, 0.15) is 30.8 Å². The molecule has 2 aliphatic rings. The molecule has 6 unspecified atom stereocenters. The van der Waals surface area contributed by atoms with E-state index in [1.807, 2.05) is 48.5 Å². The first-order chi connectivity index (χ1) is 30.3. The van der Waals surface area contributed by atoms with E-state index in [-0.39, 0.29) is 31.2 Å². The minimum atomic E-state index is -5.77. The normalized spacial score (nSPS) is 19.4. The van der Waals surface area contributed by atoms with Gasteiger partial charge in [0.2, 0.25) is 0 Å². The van der Waals surface area contributed by atoms with Gasteiger partial charge in [-0.1, -0.05) is 88.3 Å². The fourth-order valence-corrected chi connectivity index (χ4v) is 12.0. The molecule has 3 aromatic carbocycles. The minimum Gasteiger partial charge on any atom is -0.480 e. The van der Waals surface area contributed by atoms with Crippen LogP contribution in [0.15, 0.2) is 89.9 Å². The number of ether oxygens (including phenoxy) is 2. The van der Waals surface area contributed by atoms with Gasteiger partial charge in [0.15, 0.2) is 0 Å². The fourth-order valence-electron chi connectivity index (χ4n) is 6.81. The van der Waals surface area contributed by atoms with Gasteiger partial charge in [-0.2, -0.15) is 13.6 Å². The molecule has 22 nitrogen and oxygen atoms in total. The number of benzene rings is 3. The maximum atomic E-state index is 13.3. The van der Waals surface area contributed by atoms with Crippen LogP contribution in [-0.2, 0) is 46.9 Å². The molecule has 4 aromatic rings. The van der Waals surface area contributed by atoms with Crippen molar-refractivity contribution in [2.45, 2.75) is 55.4 Å². The lowest BCUT2D eigenvalue weighted by Gasteiger charge is -2.19. The zero-order valence-corrected chi connectivity index (χ0v) is 37.4. The first kappa shape index (κ1) is 49.2. The number of carbonyl (C=O) groups excluding carboxylic acids is 2. The van der Waals surface area contributed by atoms with Crippen LogP contribution in [0.2, 0.25) is 0 Å². The molecule has 1 aliphatic heterocycles. The zero-order chi connectivity index (χ0) is 46.2. The largest absolute Gasteiger partial charge is 0.490 e. The third-order valence-electron chi connectivity index (χ3n) is 9.62. The van der Waals surface area contributed by atoms with E-state index in [2.05, 4.69) is 28.8 Å². The number of anilines is 1. The highest BCUT2D eigenvalue weighted by molar-refractivity contribution is 8.76. The van der Waals surface area contributed by atoms with Crippen molar-refractivity contribution in [1.29, 1.82) is 0 Å². The number of hydrogen-bond donors (Lipinski definition) is 8. The number of amides is 2. The number of phosphoric ester groups is 1. The van der Waals surface area contributed by atoms with E-state index in [4.69, 9.17) is 19.3 Å². The molecule has 27 heteroatoms.